The van der Waals surface area contributed by atoms with Crippen LogP contribution in [0.25, 0.3) is 0 Å². The van der Waals surface area contributed by atoms with E-state index < -0.39 is 28.5 Å². The van der Waals surface area contributed by atoms with Crippen molar-refractivity contribution in [3.05, 3.63) is 100 Å². The van der Waals surface area contributed by atoms with Gasteiger partial charge in [0.25, 0.3) is 0 Å². The molecule has 9 heteroatoms. The first-order chi connectivity index (χ1) is 17.5. The van der Waals surface area contributed by atoms with Crippen molar-refractivity contribution < 1.29 is 18.0 Å². The third kappa shape index (κ3) is 7.57. The van der Waals surface area contributed by atoms with Gasteiger partial charge in [-0.2, -0.15) is 0 Å². The molecule has 7 nitrogen and oxygen atoms in total. The number of anilines is 1. The number of rotatable bonds is 10. The summed E-state index contributed by atoms with van der Waals surface area (Å²) in [6, 6.07) is 20.9. The first-order valence-electron chi connectivity index (χ1n) is 11.8. The average molecular weight is 542 g/mol. The van der Waals surface area contributed by atoms with E-state index in [2.05, 4.69) is 5.32 Å². The molecule has 0 saturated heterocycles. The number of aryl methyl sites for hydroxylation is 2. The molecule has 0 aliphatic carbocycles. The second kappa shape index (κ2) is 12.3. The summed E-state index contributed by atoms with van der Waals surface area (Å²) in [5.74, 6) is -0.879. The number of nitrogens with one attached hydrogen (secondary N) is 1. The van der Waals surface area contributed by atoms with Gasteiger partial charge in [0.2, 0.25) is 21.8 Å². The molecule has 0 unspecified atom stereocenters. The van der Waals surface area contributed by atoms with Gasteiger partial charge in [-0.05, 0) is 54.3 Å². The zero-order chi connectivity index (χ0) is 27.2. The monoisotopic (exact) mass is 541 g/mol. The second-order valence-electron chi connectivity index (χ2n) is 9.05. The minimum absolute atomic E-state index is 0.0356. The largest absolute Gasteiger partial charge is 0.357 e. The third-order valence-corrected chi connectivity index (χ3v) is 7.50. The lowest BCUT2D eigenvalue weighted by atomic mass is 10.0. The van der Waals surface area contributed by atoms with Gasteiger partial charge in [0.05, 0.1) is 11.9 Å². The Balaban J connectivity index is 2.06. The number of nitrogens with zero attached hydrogens (tertiary/aromatic N) is 2. The molecule has 196 valence electrons. The number of likely N-dealkylation sites (N-methyl/N-ethyl adjacent to an activating group) is 1. The van der Waals surface area contributed by atoms with Gasteiger partial charge in [-0.25, -0.2) is 8.42 Å². The summed E-state index contributed by atoms with van der Waals surface area (Å²) in [5, 5.41) is 3.10. The normalized spacial score (nSPS) is 12.0. The van der Waals surface area contributed by atoms with Gasteiger partial charge in [0, 0.05) is 25.0 Å². The number of sulfonamides is 1. The highest BCUT2D eigenvalue weighted by atomic mass is 35.5. The number of amides is 2. The highest BCUT2D eigenvalue weighted by molar-refractivity contribution is 7.92. The molecule has 3 aromatic carbocycles. The van der Waals surface area contributed by atoms with Crippen LogP contribution in [0.4, 0.5) is 5.69 Å². The van der Waals surface area contributed by atoms with Crippen LogP contribution in [-0.2, 0) is 32.6 Å². The Hall–Kier alpha value is -3.36. The molecule has 0 saturated carbocycles. The van der Waals surface area contributed by atoms with Gasteiger partial charge in [0.1, 0.15) is 12.6 Å². The van der Waals surface area contributed by atoms with E-state index in [4.69, 9.17) is 11.6 Å². The van der Waals surface area contributed by atoms with E-state index in [1.807, 2.05) is 50.2 Å². The maximum absolute atomic E-state index is 13.9. The van der Waals surface area contributed by atoms with Gasteiger partial charge < -0.3 is 10.2 Å². The van der Waals surface area contributed by atoms with Crippen LogP contribution in [0.5, 0.6) is 0 Å². The molecule has 1 N–H and O–H groups in total. The Morgan fingerprint density at radius 2 is 1.54 bits per heavy atom. The molecular formula is C28H32ClN3O4S. The first-order valence-corrected chi connectivity index (χ1v) is 14.1. The van der Waals surface area contributed by atoms with Gasteiger partial charge in [-0.15, -0.1) is 0 Å². The minimum atomic E-state index is -3.81. The predicted molar refractivity (Wildman–Crippen MR) is 148 cm³/mol. The van der Waals surface area contributed by atoms with E-state index in [9.17, 15) is 18.0 Å². The Kier molecular flexibility index (Phi) is 9.34. The molecule has 0 heterocycles. The fourth-order valence-corrected chi connectivity index (χ4v) is 5.27. The lowest BCUT2D eigenvalue weighted by Crippen LogP contribution is -2.52. The van der Waals surface area contributed by atoms with Crippen molar-refractivity contribution in [3.63, 3.8) is 0 Å². The van der Waals surface area contributed by atoms with Crippen molar-refractivity contribution in [2.24, 2.45) is 0 Å². The number of carbonyl (C=O) groups excluding carboxylic acids is 2. The maximum Gasteiger partial charge on any atom is 0.244 e. The van der Waals surface area contributed by atoms with E-state index in [0.717, 1.165) is 27.3 Å². The zero-order valence-corrected chi connectivity index (χ0v) is 23.0. The van der Waals surface area contributed by atoms with E-state index in [1.165, 1.54) is 11.9 Å². The molecule has 0 spiro atoms. The SMILES string of the molecule is CNC(=O)[C@H](Cc1ccccc1)N(Cc1ccccc1Cl)C(=O)CN(c1cc(C)cc(C)c1)S(C)(=O)=O. The van der Waals surface area contributed by atoms with Crippen molar-refractivity contribution in [2.75, 3.05) is 24.2 Å². The quantitative estimate of drug-likeness (QED) is 0.418. The molecule has 0 bridgehead atoms. The van der Waals surface area contributed by atoms with Crippen molar-refractivity contribution in [2.45, 2.75) is 32.9 Å². The van der Waals surface area contributed by atoms with Crippen LogP contribution >= 0.6 is 11.6 Å². The Labute approximate surface area is 224 Å². The first kappa shape index (κ1) is 28.2. The van der Waals surface area contributed by atoms with Crippen LogP contribution in [-0.4, -0.2) is 51.0 Å². The summed E-state index contributed by atoms with van der Waals surface area (Å²) < 4.78 is 26.7. The van der Waals surface area contributed by atoms with Crippen molar-refractivity contribution in [3.8, 4) is 0 Å². The number of hydrogen-bond acceptors (Lipinski definition) is 4. The van der Waals surface area contributed by atoms with Crippen LogP contribution in [0.15, 0.2) is 72.8 Å². The highest BCUT2D eigenvalue weighted by Gasteiger charge is 2.33. The summed E-state index contributed by atoms with van der Waals surface area (Å²) in [6.07, 6.45) is 1.32. The standard InChI is InChI=1S/C28H32ClN3O4S/c1-20-14-21(2)16-24(15-20)32(37(4,35)36)19-27(33)31(18-23-12-8-9-13-25(23)29)26(28(34)30-3)17-22-10-6-5-7-11-22/h5-16,26H,17-19H2,1-4H3,(H,30,34)/t26-/m0/s1. The topological polar surface area (TPSA) is 86.8 Å². The number of hydrogen-bond donors (Lipinski definition) is 1. The van der Waals surface area contributed by atoms with E-state index in [-0.39, 0.29) is 18.9 Å². The van der Waals surface area contributed by atoms with Crippen LogP contribution in [0.1, 0.15) is 22.3 Å². The van der Waals surface area contributed by atoms with Crippen molar-refractivity contribution >= 4 is 39.1 Å². The number of benzene rings is 3. The molecule has 0 fully saturated rings. The molecule has 3 rings (SSSR count). The molecule has 0 aliphatic rings. The predicted octanol–water partition coefficient (Wildman–Crippen LogP) is 4.11. The minimum Gasteiger partial charge on any atom is -0.357 e. The fraction of sp³-hybridized carbons (Fsp3) is 0.286. The van der Waals surface area contributed by atoms with E-state index >= 15 is 0 Å². The number of halogens is 1. The van der Waals surface area contributed by atoms with Crippen molar-refractivity contribution in [1.82, 2.24) is 10.2 Å². The molecule has 2 amide bonds. The molecule has 1 atom stereocenters. The Bertz CT molecular complexity index is 1340. The van der Waals surface area contributed by atoms with Crippen LogP contribution < -0.4 is 9.62 Å². The lowest BCUT2D eigenvalue weighted by molar-refractivity contribution is -0.139. The fourth-order valence-electron chi connectivity index (χ4n) is 4.24. The maximum atomic E-state index is 13.9. The molecule has 3 aromatic rings. The summed E-state index contributed by atoms with van der Waals surface area (Å²) in [5.41, 5.74) is 3.65. The summed E-state index contributed by atoms with van der Waals surface area (Å²) in [6.45, 7) is 3.30. The summed E-state index contributed by atoms with van der Waals surface area (Å²) in [4.78, 5) is 28.4. The van der Waals surface area contributed by atoms with Gasteiger partial charge >= 0.3 is 0 Å². The molecule has 0 aliphatic heterocycles. The van der Waals surface area contributed by atoms with E-state index in [1.54, 1.807) is 36.4 Å². The smallest absolute Gasteiger partial charge is 0.244 e. The molecular weight excluding hydrogens is 510 g/mol. The van der Waals surface area contributed by atoms with Crippen LogP contribution in [0, 0.1) is 13.8 Å². The lowest BCUT2D eigenvalue weighted by Gasteiger charge is -2.33. The third-order valence-electron chi connectivity index (χ3n) is 5.99. The van der Waals surface area contributed by atoms with Crippen LogP contribution in [0.2, 0.25) is 5.02 Å². The highest BCUT2D eigenvalue weighted by Crippen LogP contribution is 2.24. The Morgan fingerprint density at radius 3 is 2.11 bits per heavy atom. The zero-order valence-electron chi connectivity index (χ0n) is 21.4. The Morgan fingerprint density at radius 1 is 0.946 bits per heavy atom. The second-order valence-corrected chi connectivity index (χ2v) is 11.4. The molecule has 0 aromatic heterocycles. The van der Waals surface area contributed by atoms with E-state index in [0.29, 0.717) is 16.3 Å². The van der Waals surface area contributed by atoms with Crippen LogP contribution in [0.3, 0.4) is 0 Å². The van der Waals surface area contributed by atoms with Crippen molar-refractivity contribution in [1.29, 1.82) is 0 Å². The number of carbonyl (C=O) groups is 2. The molecule has 0 radical (unpaired) electrons. The van der Waals surface area contributed by atoms with Gasteiger partial charge in [-0.1, -0.05) is 66.2 Å². The van der Waals surface area contributed by atoms with Gasteiger partial charge in [0.15, 0.2) is 0 Å². The van der Waals surface area contributed by atoms with Gasteiger partial charge in [-0.3, -0.25) is 13.9 Å². The summed E-state index contributed by atoms with van der Waals surface area (Å²) in [7, 11) is -2.30. The average Bonchev–Trinajstić information content (AvgIpc) is 2.84. The molecule has 37 heavy (non-hydrogen) atoms. The summed E-state index contributed by atoms with van der Waals surface area (Å²) >= 11 is 6.42.